The van der Waals surface area contributed by atoms with Crippen LogP contribution >= 0.6 is 0 Å². The lowest BCUT2D eigenvalue weighted by Crippen LogP contribution is -2.50. The molecule has 154 valence electrons. The van der Waals surface area contributed by atoms with Crippen molar-refractivity contribution < 1.29 is 8.42 Å². The van der Waals surface area contributed by atoms with Crippen molar-refractivity contribution in [3.8, 4) is 0 Å². The molecule has 1 unspecified atom stereocenters. The second-order valence-electron chi connectivity index (χ2n) is 9.16. The fourth-order valence-electron chi connectivity index (χ4n) is 5.11. The van der Waals surface area contributed by atoms with E-state index in [1.54, 1.807) is 0 Å². The second kappa shape index (κ2) is 7.86. The van der Waals surface area contributed by atoms with Gasteiger partial charge in [0.2, 0.25) is 0 Å². The van der Waals surface area contributed by atoms with E-state index in [0.29, 0.717) is 17.5 Å². The Hall–Kier alpha value is -0.880. The maximum atomic E-state index is 11.3. The average molecular weight is 396 g/mol. The Morgan fingerprint density at radius 3 is 2.22 bits per heavy atom. The van der Waals surface area contributed by atoms with Crippen LogP contribution in [0.5, 0.6) is 0 Å². The monoisotopic (exact) mass is 395 g/mol. The summed E-state index contributed by atoms with van der Waals surface area (Å²) in [6.07, 6.45) is 7.39. The van der Waals surface area contributed by atoms with Crippen LogP contribution in [0, 0.1) is 24.2 Å². The van der Waals surface area contributed by atoms with Gasteiger partial charge in [0.25, 0.3) is 0 Å². The lowest BCUT2D eigenvalue weighted by Gasteiger charge is -2.38. The van der Waals surface area contributed by atoms with Crippen LogP contribution in [-0.2, 0) is 9.84 Å². The summed E-state index contributed by atoms with van der Waals surface area (Å²) < 4.78 is 24.6. The van der Waals surface area contributed by atoms with Crippen molar-refractivity contribution in [2.75, 3.05) is 24.6 Å². The highest BCUT2D eigenvalue weighted by Gasteiger charge is 2.55. The molecular weight excluding hydrogens is 358 g/mol. The Kier molecular flexibility index (Phi) is 6.07. The van der Waals surface area contributed by atoms with Gasteiger partial charge in [-0.05, 0) is 70.9 Å². The van der Waals surface area contributed by atoms with Gasteiger partial charge in [-0.3, -0.25) is 9.58 Å². The van der Waals surface area contributed by atoms with Crippen LogP contribution in [0.1, 0.15) is 65.1 Å². The van der Waals surface area contributed by atoms with Crippen molar-refractivity contribution >= 4 is 9.84 Å². The SMILES string of the molecule is CC.Cc1ccn(C(C)C)n1.O=S1(=O)CC2(CCN(C3C[C@@H]4C[C@@H]4C3)C2)C1. The molecule has 2 aliphatic carbocycles. The first-order chi connectivity index (χ1) is 12.8. The smallest absolute Gasteiger partial charge is 0.151 e. The summed E-state index contributed by atoms with van der Waals surface area (Å²) in [7, 11) is -2.65. The summed E-state index contributed by atoms with van der Waals surface area (Å²) >= 11 is 0. The van der Waals surface area contributed by atoms with Gasteiger partial charge in [0.1, 0.15) is 0 Å². The number of likely N-dealkylation sites (tertiary alicyclic amines) is 1. The lowest BCUT2D eigenvalue weighted by molar-refractivity contribution is 0.204. The zero-order valence-corrected chi connectivity index (χ0v) is 18.5. The highest BCUT2D eigenvalue weighted by molar-refractivity contribution is 7.92. The van der Waals surface area contributed by atoms with E-state index in [4.69, 9.17) is 0 Å². The quantitative estimate of drug-likeness (QED) is 0.766. The molecule has 1 aromatic rings. The molecule has 6 heteroatoms. The Balaban J connectivity index is 0.000000164. The predicted molar refractivity (Wildman–Crippen MR) is 111 cm³/mol. The maximum absolute atomic E-state index is 11.3. The molecule has 5 nitrogen and oxygen atoms in total. The lowest BCUT2D eigenvalue weighted by atomic mass is 9.91. The number of aromatic nitrogens is 2. The number of aryl methyl sites for hydroxylation is 1. The zero-order valence-electron chi connectivity index (χ0n) is 17.7. The summed E-state index contributed by atoms with van der Waals surface area (Å²) in [6, 6.07) is 3.30. The molecule has 4 fully saturated rings. The third kappa shape index (κ3) is 4.76. The molecule has 3 atom stereocenters. The van der Waals surface area contributed by atoms with Crippen LogP contribution in [0.2, 0.25) is 0 Å². The third-order valence-corrected chi connectivity index (χ3v) is 8.63. The van der Waals surface area contributed by atoms with E-state index >= 15 is 0 Å². The number of rotatable bonds is 2. The molecule has 1 spiro atoms. The van der Waals surface area contributed by atoms with Crippen LogP contribution in [0.25, 0.3) is 0 Å². The largest absolute Gasteiger partial charge is 0.300 e. The van der Waals surface area contributed by atoms with Crippen LogP contribution in [0.15, 0.2) is 12.3 Å². The van der Waals surface area contributed by atoms with Gasteiger partial charge in [-0.25, -0.2) is 8.42 Å². The average Bonchev–Trinajstić information content (AvgIpc) is 3.01. The van der Waals surface area contributed by atoms with E-state index in [1.165, 1.54) is 19.3 Å². The van der Waals surface area contributed by atoms with E-state index in [-0.39, 0.29) is 5.41 Å². The fourth-order valence-corrected chi connectivity index (χ4v) is 7.36. The Labute approximate surface area is 165 Å². The molecule has 3 heterocycles. The second-order valence-corrected chi connectivity index (χ2v) is 11.2. The fraction of sp³-hybridized carbons (Fsp3) is 0.857. The summed E-state index contributed by atoms with van der Waals surface area (Å²) in [6.45, 7) is 12.5. The highest BCUT2D eigenvalue weighted by atomic mass is 32.2. The van der Waals surface area contributed by atoms with Crippen LogP contribution in [0.4, 0.5) is 0 Å². The first kappa shape index (κ1) is 20.8. The molecule has 2 saturated heterocycles. The van der Waals surface area contributed by atoms with Crippen molar-refractivity contribution in [1.29, 1.82) is 0 Å². The predicted octanol–water partition coefficient (Wildman–Crippen LogP) is 3.70. The van der Waals surface area contributed by atoms with E-state index in [9.17, 15) is 8.42 Å². The molecular formula is C21H37N3O2S. The minimum absolute atomic E-state index is 0.172. The minimum Gasteiger partial charge on any atom is -0.300 e. The van der Waals surface area contributed by atoms with Gasteiger partial charge in [-0.15, -0.1) is 0 Å². The van der Waals surface area contributed by atoms with Crippen molar-refractivity contribution in [2.24, 2.45) is 17.3 Å². The molecule has 0 N–H and O–H groups in total. The molecule has 0 radical (unpaired) electrons. The van der Waals surface area contributed by atoms with Gasteiger partial charge >= 0.3 is 0 Å². The van der Waals surface area contributed by atoms with Crippen LogP contribution in [-0.4, -0.2) is 53.7 Å². The maximum Gasteiger partial charge on any atom is 0.151 e. The molecule has 0 amide bonds. The normalized spacial score (nSPS) is 32.1. The number of fused-ring (bicyclic) bond motifs is 1. The van der Waals surface area contributed by atoms with Gasteiger partial charge in [-0.1, -0.05) is 13.8 Å². The first-order valence-electron chi connectivity index (χ1n) is 10.7. The van der Waals surface area contributed by atoms with E-state index in [0.717, 1.165) is 43.1 Å². The number of sulfone groups is 1. The van der Waals surface area contributed by atoms with Gasteiger partial charge in [0, 0.05) is 30.2 Å². The van der Waals surface area contributed by atoms with Crippen molar-refractivity contribution in [3.63, 3.8) is 0 Å². The summed E-state index contributed by atoms with van der Waals surface area (Å²) in [5.41, 5.74) is 1.26. The summed E-state index contributed by atoms with van der Waals surface area (Å²) in [4.78, 5) is 2.60. The third-order valence-electron chi connectivity index (χ3n) is 6.53. The van der Waals surface area contributed by atoms with E-state index in [2.05, 4.69) is 23.8 Å². The van der Waals surface area contributed by atoms with Gasteiger partial charge in [-0.2, -0.15) is 5.10 Å². The summed E-state index contributed by atoms with van der Waals surface area (Å²) in [5, 5.41) is 4.23. The standard InChI is InChI=1S/C12H19NO2S.C7H12N2.C2H6/c14-16(15)7-12(8-16)1-2-13(6-12)11-4-9-3-10(9)5-11;1-6(2)9-5-4-7(3)8-9;1-2/h9-11H,1-8H2;4-6H,1-3H3;1-2H3/t9-,10+,11?;;. The molecule has 1 aromatic heterocycles. The van der Waals surface area contributed by atoms with E-state index < -0.39 is 9.84 Å². The Morgan fingerprint density at radius 1 is 1.15 bits per heavy atom. The Morgan fingerprint density at radius 2 is 1.78 bits per heavy atom. The van der Waals surface area contributed by atoms with Gasteiger partial charge in [0.15, 0.2) is 9.84 Å². The van der Waals surface area contributed by atoms with Crippen LogP contribution < -0.4 is 0 Å². The molecule has 0 aromatic carbocycles. The molecule has 2 saturated carbocycles. The summed E-state index contributed by atoms with van der Waals surface area (Å²) in [5.74, 6) is 3.00. The zero-order chi connectivity index (χ0) is 19.8. The number of nitrogens with zero attached hydrogens (tertiary/aromatic N) is 3. The van der Waals surface area contributed by atoms with Crippen molar-refractivity contribution in [1.82, 2.24) is 14.7 Å². The highest BCUT2D eigenvalue weighted by Crippen LogP contribution is 2.54. The molecule has 2 aliphatic heterocycles. The van der Waals surface area contributed by atoms with Crippen molar-refractivity contribution in [3.05, 3.63) is 18.0 Å². The molecule has 5 rings (SSSR count). The van der Waals surface area contributed by atoms with E-state index in [1.807, 2.05) is 37.7 Å². The molecule has 4 aliphatic rings. The van der Waals surface area contributed by atoms with Gasteiger partial charge < -0.3 is 0 Å². The number of hydrogen-bond acceptors (Lipinski definition) is 4. The van der Waals surface area contributed by atoms with Crippen molar-refractivity contribution in [2.45, 2.75) is 72.4 Å². The first-order valence-corrected chi connectivity index (χ1v) is 12.5. The topological polar surface area (TPSA) is 55.2 Å². The Bertz CT molecular complexity index is 718. The molecule has 27 heavy (non-hydrogen) atoms. The van der Waals surface area contributed by atoms with Crippen LogP contribution in [0.3, 0.4) is 0 Å². The number of hydrogen-bond donors (Lipinski definition) is 0. The minimum atomic E-state index is -2.65. The van der Waals surface area contributed by atoms with Gasteiger partial charge in [0.05, 0.1) is 17.2 Å². The molecule has 0 bridgehead atoms.